The van der Waals surface area contributed by atoms with Gasteiger partial charge in [-0.3, -0.25) is 0 Å². The van der Waals surface area contributed by atoms with Gasteiger partial charge >= 0.3 is 35.9 Å². The fourth-order valence-electron chi connectivity index (χ4n) is 1.74. The van der Waals surface area contributed by atoms with Crippen LogP contribution in [0.25, 0.3) is 0 Å². The van der Waals surface area contributed by atoms with Crippen LogP contribution in [-0.4, -0.2) is 62.8 Å². The molecule has 0 bridgehead atoms. The average molecular weight is 462 g/mol. The number of hydrogen-bond acceptors (Lipinski definition) is 3. The standard InChI is InChI=1S/C5H5F5O.C5H10O.C4H3F7O/c1-2-11-5(10)3(6,7)4(5,8)9;1-6-5-3-2-4-5;1-12-2(5,3(6,7)8)4(9,10)11/h2H2,1H3;5H,2-4H2,1H3;1H3. The van der Waals surface area contributed by atoms with Crippen molar-refractivity contribution in [3.8, 4) is 0 Å². The first-order valence-electron chi connectivity index (χ1n) is 7.79. The van der Waals surface area contributed by atoms with E-state index in [1.54, 1.807) is 7.11 Å². The second-order valence-electron chi connectivity index (χ2n) is 5.76. The molecule has 0 radical (unpaired) electrons. The second kappa shape index (κ2) is 9.04. The Morgan fingerprint density at radius 2 is 1.17 bits per heavy atom. The normalized spacial score (nSPS) is 22.4. The Hall–Kier alpha value is -0.960. The van der Waals surface area contributed by atoms with Gasteiger partial charge in [0.1, 0.15) is 0 Å². The third-order valence-electron chi connectivity index (χ3n) is 3.88. The van der Waals surface area contributed by atoms with Crippen LogP contribution in [0.2, 0.25) is 0 Å². The predicted molar refractivity (Wildman–Crippen MR) is 73.0 cm³/mol. The molecule has 0 unspecified atom stereocenters. The van der Waals surface area contributed by atoms with Crippen molar-refractivity contribution in [1.29, 1.82) is 0 Å². The summed E-state index contributed by atoms with van der Waals surface area (Å²) in [6.07, 6.45) is -7.68. The Morgan fingerprint density at radius 1 is 0.793 bits per heavy atom. The van der Waals surface area contributed by atoms with Crippen molar-refractivity contribution in [3.05, 3.63) is 0 Å². The molecule has 0 saturated heterocycles. The molecule has 3 nitrogen and oxygen atoms in total. The minimum Gasteiger partial charge on any atom is -0.381 e. The molecule has 2 fully saturated rings. The summed E-state index contributed by atoms with van der Waals surface area (Å²) in [5.74, 6) is -19.0. The lowest BCUT2D eigenvalue weighted by Gasteiger charge is -2.27. The molecule has 15 heteroatoms. The predicted octanol–water partition coefficient (Wildman–Crippen LogP) is 5.58. The van der Waals surface area contributed by atoms with Crippen molar-refractivity contribution in [1.82, 2.24) is 0 Å². The number of halogens is 12. The van der Waals surface area contributed by atoms with Gasteiger partial charge in [-0.25, -0.2) is 0 Å². The molecule has 29 heavy (non-hydrogen) atoms. The Kier molecular flexibility index (Phi) is 8.74. The molecule has 2 saturated carbocycles. The zero-order valence-corrected chi connectivity index (χ0v) is 15.2. The van der Waals surface area contributed by atoms with Gasteiger partial charge in [0, 0.05) is 20.8 Å². The average Bonchev–Trinajstić information content (AvgIpc) is 2.81. The van der Waals surface area contributed by atoms with Gasteiger partial charge in [-0.1, -0.05) is 0 Å². The molecule has 0 amide bonds. The number of ether oxygens (including phenoxy) is 3. The Bertz CT molecular complexity index is 482. The maximum Gasteiger partial charge on any atom is 0.458 e. The number of hydrogen-bond donors (Lipinski definition) is 0. The highest BCUT2D eigenvalue weighted by Crippen LogP contribution is 2.68. The number of rotatable bonds is 4. The summed E-state index contributed by atoms with van der Waals surface area (Å²) in [5, 5.41) is 0. The molecule has 176 valence electrons. The summed E-state index contributed by atoms with van der Waals surface area (Å²) in [4.78, 5) is 0. The molecular weight excluding hydrogens is 444 g/mol. The van der Waals surface area contributed by atoms with Crippen LogP contribution in [-0.2, 0) is 14.2 Å². The van der Waals surface area contributed by atoms with E-state index in [-0.39, 0.29) is 7.11 Å². The van der Waals surface area contributed by atoms with Crippen LogP contribution in [0.3, 0.4) is 0 Å². The Morgan fingerprint density at radius 3 is 1.21 bits per heavy atom. The maximum atomic E-state index is 12.3. The van der Waals surface area contributed by atoms with E-state index in [1.807, 2.05) is 0 Å². The van der Waals surface area contributed by atoms with Crippen LogP contribution in [0.15, 0.2) is 0 Å². The van der Waals surface area contributed by atoms with Gasteiger partial charge in [0.05, 0.1) is 6.10 Å². The van der Waals surface area contributed by atoms with Crippen LogP contribution in [0, 0.1) is 0 Å². The summed E-state index contributed by atoms with van der Waals surface area (Å²) in [6.45, 7) is 0.646. The summed E-state index contributed by atoms with van der Waals surface area (Å²) in [6, 6.07) is 0. The van der Waals surface area contributed by atoms with Crippen molar-refractivity contribution in [3.63, 3.8) is 0 Å². The highest BCUT2D eigenvalue weighted by atomic mass is 19.4. The fourth-order valence-corrected chi connectivity index (χ4v) is 1.74. The summed E-state index contributed by atoms with van der Waals surface area (Å²) in [5.41, 5.74) is 0. The van der Waals surface area contributed by atoms with E-state index in [0.29, 0.717) is 6.10 Å². The van der Waals surface area contributed by atoms with Crippen molar-refractivity contribution in [2.75, 3.05) is 20.8 Å². The monoisotopic (exact) mass is 462 g/mol. The van der Waals surface area contributed by atoms with Crippen molar-refractivity contribution in [2.24, 2.45) is 0 Å². The zero-order chi connectivity index (χ0) is 23.5. The molecule has 0 N–H and O–H groups in total. The first-order valence-corrected chi connectivity index (χ1v) is 7.79. The first kappa shape index (κ1) is 28.0. The highest BCUT2D eigenvalue weighted by molar-refractivity contribution is 5.23. The van der Waals surface area contributed by atoms with Crippen LogP contribution in [0.5, 0.6) is 0 Å². The van der Waals surface area contributed by atoms with Gasteiger partial charge in [0.15, 0.2) is 0 Å². The largest absolute Gasteiger partial charge is 0.458 e. The molecule has 0 aromatic heterocycles. The third kappa shape index (κ3) is 5.21. The van der Waals surface area contributed by atoms with E-state index in [1.165, 1.54) is 19.3 Å². The van der Waals surface area contributed by atoms with E-state index in [2.05, 4.69) is 9.47 Å². The van der Waals surface area contributed by atoms with Gasteiger partial charge in [-0.15, -0.1) is 0 Å². The van der Waals surface area contributed by atoms with E-state index < -0.39 is 42.5 Å². The molecule has 0 aromatic carbocycles. The van der Waals surface area contributed by atoms with Crippen LogP contribution in [0.1, 0.15) is 26.2 Å². The van der Waals surface area contributed by atoms with E-state index >= 15 is 0 Å². The molecule has 2 aliphatic rings. The van der Waals surface area contributed by atoms with Gasteiger partial charge in [-0.05, 0) is 26.2 Å². The van der Waals surface area contributed by atoms with Gasteiger partial charge in [0.2, 0.25) is 0 Å². The lowest BCUT2D eigenvalue weighted by atomic mass is 9.96. The van der Waals surface area contributed by atoms with Crippen LogP contribution in [0.4, 0.5) is 52.7 Å². The second-order valence-corrected chi connectivity index (χ2v) is 5.76. The van der Waals surface area contributed by atoms with Crippen LogP contribution >= 0.6 is 0 Å². The summed E-state index contributed by atoms with van der Waals surface area (Å²) >= 11 is 0. The molecule has 0 spiro atoms. The first-order chi connectivity index (χ1) is 12.8. The van der Waals surface area contributed by atoms with Crippen LogP contribution < -0.4 is 0 Å². The van der Waals surface area contributed by atoms with E-state index in [4.69, 9.17) is 4.74 Å². The smallest absolute Gasteiger partial charge is 0.381 e. The van der Waals surface area contributed by atoms with Gasteiger partial charge in [0.25, 0.3) is 0 Å². The molecule has 0 aromatic rings. The number of methoxy groups -OCH3 is 2. The van der Waals surface area contributed by atoms with Crippen molar-refractivity contribution < 1.29 is 66.9 Å². The molecule has 0 heterocycles. The molecule has 0 atom stereocenters. The minimum atomic E-state index is -6.12. The topological polar surface area (TPSA) is 27.7 Å². The molecule has 2 rings (SSSR count). The molecule has 2 aliphatic carbocycles. The van der Waals surface area contributed by atoms with Gasteiger partial charge < -0.3 is 14.2 Å². The Labute approximate surface area is 157 Å². The highest BCUT2D eigenvalue weighted by Gasteiger charge is 3.01. The minimum absolute atomic E-state index is 0.0129. The molecule has 0 aliphatic heterocycles. The summed E-state index contributed by atoms with van der Waals surface area (Å²) in [7, 11) is 1.77. The van der Waals surface area contributed by atoms with Crippen molar-refractivity contribution in [2.45, 2.75) is 68.2 Å². The molecular formula is C14H18F12O3. The van der Waals surface area contributed by atoms with Gasteiger partial charge in [-0.2, -0.15) is 52.7 Å². The van der Waals surface area contributed by atoms with Crippen molar-refractivity contribution >= 4 is 0 Å². The summed E-state index contributed by atoms with van der Waals surface area (Å²) < 4.78 is 152. The lowest BCUT2D eigenvalue weighted by Crippen LogP contribution is -2.54. The Balaban J connectivity index is 0.000000425. The van der Waals surface area contributed by atoms with E-state index in [9.17, 15) is 52.7 Å². The fraction of sp³-hybridized carbons (Fsp3) is 1.00. The SMILES string of the molecule is CCOC1(F)C(F)(F)C1(F)F.COC(F)(C(F)(F)F)C(F)(F)F.COC1CCC1. The third-order valence-corrected chi connectivity index (χ3v) is 3.88. The van der Waals surface area contributed by atoms with E-state index in [0.717, 1.165) is 6.92 Å². The zero-order valence-electron chi connectivity index (χ0n) is 15.2. The quantitative estimate of drug-likeness (QED) is 0.511. The lowest BCUT2D eigenvalue weighted by molar-refractivity contribution is -0.424. The maximum absolute atomic E-state index is 12.3. The number of alkyl halides is 12.